The van der Waals surface area contributed by atoms with E-state index >= 15 is 0 Å². The first-order valence-corrected chi connectivity index (χ1v) is 8.62. The average molecular weight is 356 g/mol. The van der Waals surface area contributed by atoms with Crippen LogP contribution in [0.1, 0.15) is 25.8 Å². The summed E-state index contributed by atoms with van der Waals surface area (Å²) in [5.74, 6) is -0.126. The third-order valence-electron chi connectivity index (χ3n) is 4.59. The molecule has 1 fully saturated rings. The number of fused-ring (bicyclic) bond motifs is 1. The minimum Gasteiger partial charge on any atom is -0.386 e. The van der Waals surface area contributed by atoms with Crippen LogP contribution in [0.3, 0.4) is 0 Å². The third kappa shape index (κ3) is 3.13. The van der Waals surface area contributed by atoms with Crippen LogP contribution in [0.15, 0.2) is 30.7 Å². The molecule has 0 aromatic carbocycles. The fourth-order valence-electron chi connectivity index (χ4n) is 3.09. The van der Waals surface area contributed by atoms with Crippen molar-refractivity contribution in [3.8, 4) is 11.4 Å². The molecule has 0 aliphatic carbocycles. The van der Waals surface area contributed by atoms with Crippen molar-refractivity contribution >= 4 is 11.6 Å². The van der Waals surface area contributed by atoms with Gasteiger partial charge in [0.25, 0.3) is 0 Å². The molecule has 0 amide bonds. The van der Waals surface area contributed by atoms with Crippen molar-refractivity contribution in [2.45, 2.75) is 31.9 Å². The van der Waals surface area contributed by atoms with Gasteiger partial charge in [0, 0.05) is 18.8 Å². The normalized spacial score (nSPS) is 17.8. The Morgan fingerprint density at radius 1 is 1.31 bits per heavy atom. The molecular formula is C18H21FN6O. The van der Waals surface area contributed by atoms with Crippen LogP contribution < -0.4 is 10.6 Å². The molecule has 0 saturated carbocycles. The highest BCUT2D eigenvalue weighted by Crippen LogP contribution is 2.26. The second-order valence-electron chi connectivity index (χ2n) is 7.07. The molecule has 3 N–H and O–H groups in total. The van der Waals surface area contributed by atoms with Crippen LogP contribution in [0.2, 0.25) is 0 Å². The summed E-state index contributed by atoms with van der Waals surface area (Å²) in [6, 6.07) is 3.83. The molecular weight excluding hydrogens is 335 g/mol. The topological polar surface area (TPSA) is 87.4 Å². The van der Waals surface area contributed by atoms with Gasteiger partial charge in [-0.15, -0.1) is 0 Å². The first-order chi connectivity index (χ1) is 12.4. The third-order valence-corrected chi connectivity index (χ3v) is 4.59. The first kappa shape index (κ1) is 16.9. The lowest BCUT2D eigenvalue weighted by atomic mass is 10.0. The molecule has 1 atom stereocenters. The van der Waals surface area contributed by atoms with E-state index in [0.717, 1.165) is 19.5 Å². The number of hydrogen-bond acceptors (Lipinski definition) is 6. The Labute approximate surface area is 150 Å². The SMILES string of the molecule is CC(C)(O)c1ccc2ncc(-c3nc(NC4CCNC4)ncc3F)n2c1. The van der Waals surface area contributed by atoms with Gasteiger partial charge < -0.3 is 15.7 Å². The number of nitrogens with one attached hydrogen (secondary N) is 2. The lowest BCUT2D eigenvalue weighted by molar-refractivity contribution is 0.0782. The zero-order valence-corrected chi connectivity index (χ0v) is 14.7. The zero-order valence-electron chi connectivity index (χ0n) is 14.7. The van der Waals surface area contributed by atoms with Gasteiger partial charge in [0.05, 0.1) is 23.7 Å². The van der Waals surface area contributed by atoms with Gasteiger partial charge in [-0.1, -0.05) is 6.07 Å². The first-order valence-electron chi connectivity index (χ1n) is 8.62. The van der Waals surface area contributed by atoms with E-state index in [4.69, 9.17) is 0 Å². The van der Waals surface area contributed by atoms with Gasteiger partial charge in [-0.2, -0.15) is 0 Å². The van der Waals surface area contributed by atoms with Crippen molar-refractivity contribution in [1.82, 2.24) is 24.7 Å². The molecule has 0 radical (unpaired) electrons. The lowest BCUT2D eigenvalue weighted by Gasteiger charge is -2.18. The van der Waals surface area contributed by atoms with E-state index in [1.807, 2.05) is 6.07 Å². The number of nitrogens with zero attached hydrogens (tertiary/aromatic N) is 4. The van der Waals surface area contributed by atoms with E-state index < -0.39 is 11.4 Å². The van der Waals surface area contributed by atoms with E-state index in [0.29, 0.717) is 22.9 Å². The Hall–Kier alpha value is -2.58. The highest BCUT2D eigenvalue weighted by atomic mass is 19.1. The van der Waals surface area contributed by atoms with Gasteiger partial charge in [-0.25, -0.2) is 19.3 Å². The van der Waals surface area contributed by atoms with Gasteiger partial charge in [-0.3, -0.25) is 4.40 Å². The highest BCUT2D eigenvalue weighted by Gasteiger charge is 2.20. The molecule has 7 nitrogen and oxygen atoms in total. The summed E-state index contributed by atoms with van der Waals surface area (Å²) in [4.78, 5) is 12.7. The molecule has 8 heteroatoms. The van der Waals surface area contributed by atoms with Crippen LogP contribution in [0.5, 0.6) is 0 Å². The summed E-state index contributed by atoms with van der Waals surface area (Å²) >= 11 is 0. The summed E-state index contributed by atoms with van der Waals surface area (Å²) in [6.07, 6.45) is 5.48. The number of rotatable bonds is 4. The predicted molar refractivity (Wildman–Crippen MR) is 96.3 cm³/mol. The van der Waals surface area contributed by atoms with E-state index in [1.165, 1.54) is 6.20 Å². The van der Waals surface area contributed by atoms with Gasteiger partial charge in [-0.05, 0) is 38.4 Å². The van der Waals surface area contributed by atoms with Gasteiger partial charge >= 0.3 is 0 Å². The second kappa shape index (κ2) is 6.30. The minimum absolute atomic E-state index is 0.175. The Bertz CT molecular complexity index is 942. The fourth-order valence-corrected chi connectivity index (χ4v) is 3.09. The van der Waals surface area contributed by atoms with Crippen LogP contribution >= 0.6 is 0 Å². The van der Waals surface area contributed by atoms with Crippen molar-refractivity contribution < 1.29 is 9.50 Å². The molecule has 1 aliphatic rings. The van der Waals surface area contributed by atoms with Crippen LogP contribution in [0.25, 0.3) is 17.0 Å². The molecule has 4 rings (SSSR count). The summed E-state index contributed by atoms with van der Waals surface area (Å²) < 4.78 is 16.2. The molecule has 4 heterocycles. The zero-order chi connectivity index (χ0) is 18.3. The Morgan fingerprint density at radius 3 is 2.88 bits per heavy atom. The summed E-state index contributed by atoms with van der Waals surface area (Å²) in [5.41, 5.74) is 1.03. The molecule has 1 unspecified atom stereocenters. The van der Waals surface area contributed by atoms with Gasteiger partial charge in [0.1, 0.15) is 11.3 Å². The maximum absolute atomic E-state index is 14.5. The standard InChI is InChI=1S/C18H21FN6O/c1-18(2,26)11-3-4-15-21-9-14(25(15)10-11)16-13(19)8-22-17(24-16)23-12-5-6-20-7-12/h3-4,8-10,12,20,26H,5-7H2,1-2H3,(H,22,23,24). The van der Waals surface area contributed by atoms with E-state index in [1.54, 1.807) is 36.7 Å². The van der Waals surface area contributed by atoms with Crippen LogP contribution in [0.4, 0.5) is 10.3 Å². The van der Waals surface area contributed by atoms with Crippen molar-refractivity contribution in [3.63, 3.8) is 0 Å². The molecule has 136 valence electrons. The maximum atomic E-state index is 14.5. The monoisotopic (exact) mass is 356 g/mol. The summed E-state index contributed by atoms with van der Waals surface area (Å²) in [5, 5.41) is 16.7. The quantitative estimate of drug-likeness (QED) is 0.662. The molecule has 0 bridgehead atoms. The largest absolute Gasteiger partial charge is 0.386 e. The van der Waals surface area contributed by atoms with Crippen LogP contribution in [0, 0.1) is 5.82 Å². The lowest BCUT2D eigenvalue weighted by Crippen LogP contribution is -2.23. The summed E-state index contributed by atoms with van der Waals surface area (Å²) in [6.45, 7) is 5.18. The second-order valence-corrected chi connectivity index (χ2v) is 7.07. The molecule has 1 aliphatic heterocycles. The average Bonchev–Trinajstić information content (AvgIpc) is 3.25. The van der Waals surface area contributed by atoms with Crippen LogP contribution in [-0.4, -0.2) is 43.6 Å². The Balaban J connectivity index is 1.76. The number of halogens is 1. The predicted octanol–water partition coefficient (Wildman–Crippen LogP) is 1.93. The molecule has 3 aromatic heterocycles. The molecule has 1 saturated heterocycles. The minimum atomic E-state index is -1.01. The van der Waals surface area contributed by atoms with Crippen molar-refractivity contribution in [2.24, 2.45) is 0 Å². The number of imidazole rings is 1. The van der Waals surface area contributed by atoms with Crippen molar-refractivity contribution in [3.05, 3.63) is 42.1 Å². The number of aromatic nitrogens is 4. The Morgan fingerprint density at radius 2 is 2.15 bits per heavy atom. The fraction of sp³-hybridized carbons (Fsp3) is 0.389. The number of pyridine rings is 1. The van der Waals surface area contributed by atoms with E-state index in [-0.39, 0.29) is 11.7 Å². The molecule has 0 spiro atoms. The van der Waals surface area contributed by atoms with E-state index in [9.17, 15) is 9.50 Å². The summed E-state index contributed by atoms with van der Waals surface area (Å²) in [7, 11) is 0. The molecule has 26 heavy (non-hydrogen) atoms. The number of hydrogen-bond donors (Lipinski definition) is 3. The van der Waals surface area contributed by atoms with Crippen molar-refractivity contribution in [1.29, 1.82) is 0 Å². The Kier molecular flexibility index (Phi) is 4.08. The number of aliphatic hydroxyl groups is 1. The van der Waals surface area contributed by atoms with Crippen LogP contribution in [-0.2, 0) is 5.60 Å². The molecule has 3 aromatic rings. The smallest absolute Gasteiger partial charge is 0.223 e. The highest BCUT2D eigenvalue weighted by molar-refractivity contribution is 5.62. The van der Waals surface area contributed by atoms with Crippen molar-refractivity contribution in [2.75, 3.05) is 18.4 Å². The van der Waals surface area contributed by atoms with E-state index in [2.05, 4.69) is 25.6 Å². The van der Waals surface area contributed by atoms with Gasteiger partial charge in [0.2, 0.25) is 5.95 Å². The van der Waals surface area contributed by atoms with Gasteiger partial charge in [0.15, 0.2) is 5.82 Å². The number of anilines is 1. The maximum Gasteiger partial charge on any atom is 0.223 e.